The summed E-state index contributed by atoms with van der Waals surface area (Å²) in [5.41, 5.74) is 1.35. The molecule has 1 heterocycles. The van der Waals surface area contributed by atoms with Gasteiger partial charge in [-0.3, -0.25) is 4.90 Å². The van der Waals surface area contributed by atoms with Crippen LogP contribution in [-0.2, 0) is 0 Å². The maximum atomic E-state index is 3.86. The second kappa shape index (κ2) is 6.96. The molecule has 1 aliphatic heterocycles. The Morgan fingerprint density at radius 1 is 1.05 bits per heavy atom. The van der Waals surface area contributed by atoms with Crippen LogP contribution in [0.1, 0.15) is 0 Å². The molecule has 0 spiro atoms. The van der Waals surface area contributed by atoms with E-state index in [2.05, 4.69) is 72.6 Å². The zero-order valence-electron chi connectivity index (χ0n) is 11.3. The van der Waals surface area contributed by atoms with Gasteiger partial charge in [0.15, 0.2) is 0 Å². The zero-order valence-corrected chi connectivity index (χ0v) is 11.3. The highest BCUT2D eigenvalue weighted by Crippen LogP contribution is 2.12. The molecular weight excluding hydrogens is 229 g/mol. The van der Waals surface area contributed by atoms with Crippen LogP contribution < -0.4 is 5.46 Å². The third-order valence-corrected chi connectivity index (χ3v) is 3.44. The minimum atomic E-state index is 0.364. The SMILES string of the molecule is C=CCN(CC=C)C1C=CC=CB1c1ccccc1. The smallest absolute Gasteiger partial charge is 0.223 e. The van der Waals surface area contributed by atoms with Gasteiger partial charge in [0.1, 0.15) is 0 Å². The first-order valence-electron chi connectivity index (χ1n) is 6.72. The average molecular weight is 249 g/mol. The van der Waals surface area contributed by atoms with Crippen molar-refractivity contribution in [1.29, 1.82) is 0 Å². The van der Waals surface area contributed by atoms with Crippen LogP contribution in [0.5, 0.6) is 0 Å². The fraction of sp³-hybridized carbons (Fsp3) is 0.176. The second-order valence-corrected chi connectivity index (χ2v) is 4.73. The molecule has 0 amide bonds. The molecule has 0 radical (unpaired) electrons. The fourth-order valence-electron chi connectivity index (χ4n) is 2.58. The van der Waals surface area contributed by atoms with E-state index >= 15 is 0 Å². The molecule has 19 heavy (non-hydrogen) atoms. The van der Waals surface area contributed by atoms with E-state index in [1.165, 1.54) is 5.46 Å². The third kappa shape index (κ3) is 3.36. The summed E-state index contributed by atoms with van der Waals surface area (Å²) in [5.74, 6) is 2.64. The van der Waals surface area contributed by atoms with Crippen LogP contribution in [0.3, 0.4) is 0 Å². The highest BCUT2D eigenvalue weighted by Gasteiger charge is 2.28. The molecule has 0 aliphatic carbocycles. The highest BCUT2D eigenvalue weighted by molar-refractivity contribution is 6.79. The molecule has 1 nitrogen and oxygen atoms in total. The van der Waals surface area contributed by atoms with E-state index in [0.717, 1.165) is 13.1 Å². The lowest BCUT2D eigenvalue weighted by Crippen LogP contribution is -2.51. The Labute approximate surface area is 116 Å². The predicted molar refractivity (Wildman–Crippen MR) is 85.9 cm³/mol. The average Bonchev–Trinajstić information content (AvgIpc) is 2.48. The first-order chi connectivity index (χ1) is 9.36. The van der Waals surface area contributed by atoms with Crippen molar-refractivity contribution < 1.29 is 0 Å². The monoisotopic (exact) mass is 249 g/mol. The number of allylic oxidation sites excluding steroid dienone is 2. The Morgan fingerprint density at radius 3 is 2.37 bits per heavy atom. The third-order valence-electron chi connectivity index (χ3n) is 3.44. The molecule has 1 aromatic rings. The molecule has 0 N–H and O–H groups in total. The van der Waals surface area contributed by atoms with Crippen molar-refractivity contribution in [3.05, 3.63) is 79.8 Å². The van der Waals surface area contributed by atoms with Gasteiger partial charge in [-0.1, -0.05) is 66.2 Å². The molecule has 0 bridgehead atoms. The van der Waals surface area contributed by atoms with E-state index in [4.69, 9.17) is 0 Å². The van der Waals surface area contributed by atoms with Crippen molar-refractivity contribution in [1.82, 2.24) is 4.90 Å². The Bertz CT molecular complexity index is 465. The number of benzene rings is 1. The van der Waals surface area contributed by atoms with Crippen LogP contribution >= 0.6 is 0 Å². The summed E-state index contributed by atoms with van der Waals surface area (Å²) in [5, 5.41) is 0. The Kier molecular flexibility index (Phi) is 4.99. The molecular formula is C17H20BN. The van der Waals surface area contributed by atoms with Crippen molar-refractivity contribution >= 4 is 12.2 Å². The van der Waals surface area contributed by atoms with Crippen LogP contribution in [0.2, 0.25) is 0 Å². The normalized spacial score (nSPS) is 17.7. The molecule has 1 unspecified atom stereocenters. The van der Waals surface area contributed by atoms with Gasteiger partial charge in [0.25, 0.3) is 0 Å². The standard InChI is InChI=1S/C17H20BN/c1-3-14-19(15-4-2)17-12-8-9-13-18(17)16-10-6-5-7-11-16/h3-13,17H,1-2,14-15H2. The largest absolute Gasteiger partial charge is 0.296 e. The highest BCUT2D eigenvalue weighted by atomic mass is 15.1. The lowest BCUT2D eigenvalue weighted by Gasteiger charge is -2.32. The summed E-state index contributed by atoms with van der Waals surface area (Å²) in [6, 6.07) is 10.7. The van der Waals surface area contributed by atoms with Crippen molar-refractivity contribution in [3.63, 3.8) is 0 Å². The van der Waals surface area contributed by atoms with Gasteiger partial charge >= 0.3 is 0 Å². The summed E-state index contributed by atoms with van der Waals surface area (Å²) >= 11 is 0. The van der Waals surface area contributed by atoms with Gasteiger partial charge in [0.05, 0.1) is 0 Å². The van der Waals surface area contributed by atoms with Crippen molar-refractivity contribution in [2.45, 2.75) is 5.94 Å². The number of rotatable bonds is 6. The van der Waals surface area contributed by atoms with Gasteiger partial charge in [0.2, 0.25) is 6.71 Å². The quantitative estimate of drug-likeness (QED) is 0.553. The van der Waals surface area contributed by atoms with Gasteiger partial charge in [-0.2, -0.15) is 0 Å². The van der Waals surface area contributed by atoms with Gasteiger partial charge in [-0.15, -0.1) is 19.1 Å². The van der Waals surface area contributed by atoms with E-state index in [0.29, 0.717) is 12.7 Å². The maximum absolute atomic E-state index is 3.86. The van der Waals surface area contributed by atoms with Crippen LogP contribution in [0.15, 0.2) is 79.8 Å². The molecule has 0 saturated carbocycles. The predicted octanol–water partition coefficient (Wildman–Crippen LogP) is 2.64. The molecule has 1 atom stereocenters. The van der Waals surface area contributed by atoms with Crippen molar-refractivity contribution in [2.24, 2.45) is 0 Å². The summed E-state index contributed by atoms with van der Waals surface area (Å²) in [6.45, 7) is 9.86. The van der Waals surface area contributed by atoms with Gasteiger partial charge in [-0.25, -0.2) is 0 Å². The zero-order chi connectivity index (χ0) is 13.5. The van der Waals surface area contributed by atoms with Crippen molar-refractivity contribution in [3.8, 4) is 0 Å². The minimum absolute atomic E-state index is 0.364. The van der Waals surface area contributed by atoms with E-state index < -0.39 is 0 Å². The molecule has 2 rings (SSSR count). The molecule has 0 aromatic heterocycles. The summed E-state index contributed by atoms with van der Waals surface area (Å²) < 4.78 is 0. The molecule has 1 aliphatic rings. The van der Waals surface area contributed by atoms with E-state index in [1.807, 2.05) is 12.2 Å². The van der Waals surface area contributed by atoms with Crippen molar-refractivity contribution in [2.75, 3.05) is 13.1 Å². The first-order valence-corrected chi connectivity index (χ1v) is 6.72. The Morgan fingerprint density at radius 2 is 1.74 bits per heavy atom. The second-order valence-electron chi connectivity index (χ2n) is 4.73. The fourth-order valence-corrected chi connectivity index (χ4v) is 2.58. The Hall–Kier alpha value is -1.80. The summed E-state index contributed by atoms with van der Waals surface area (Å²) in [7, 11) is 0. The van der Waals surface area contributed by atoms with Crippen LogP contribution in [0.4, 0.5) is 0 Å². The first kappa shape index (κ1) is 13.6. The Balaban J connectivity index is 2.25. The lowest BCUT2D eigenvalue weighted by molar-refractivity contribution is 0.339. The lowest BCUT2D eigenvalue weighted by atomic mass is 9.38. The molecule has 2 heteroatoms. The molecule has 96 valence electrons. The summed E-state index contributed by atoms with van der Waals surface area (Å²) in [6.07, 6.45) is 10.4. The number of hydrogen-bond donors (Lipinski definition) is 0. The van der Waals surface area contributed by atoms with Gasteiger partial charge in [-0.05, 0) is 0 Å². The number of nitrogens with zero attached hydrogens (tertiary/aromatic N) is 1. The molecule has 1 aromatic carbocycles. The minimum Gasteiger partial charge on any atom is -0.296 e. The molecule has 0 saturated heterocycles. The van der Waals surface area contributed by atoms with Crippen LogP contribution in [0.25, 0.3) is 0 Å². The van der Waals surface area contributed by atoms with E-state index in [1.54, 1.807) is 0 Å². The summed E-state index contributed by atoms with van der Waals surface area (Å²) in [4.78, 5) is 2.39. The maximum Gasteiger partial charge on any atom is 0.223 e. The topological polar surface area (TPSA) is 3.24 Å². The number of hydrogen-bond acceptors (Lipinski definition) is 1. The van der Waals surface area contributed by atoms with E-state index in [-0.39, 0.29) is 0 Å². The van der Waals surface area contributed by atoms with Gasteiger partial charge in [0, 0.05) is 19.0 Å². The van der Waals surface area contributed by atoms with E-state index in [9.17, 15) is 0 Å². The molecule has 0 fully saturated rings. The van der Waals surface area contributed by atoms with Gasteiger partial charge < -0.3 is 0 Å². The van der Waals surface area contributed by atoms with Crippen LogP contribution in [0, 0.1) is 0 Å². The van der Waals surface area contributed by atoms with Crippen LogP contribution in [-0.4, -0.2) is 30.6 Å².